The molecule has 2 unspecified atom stereocenters. The zero-order valence-corrected chi connectivity index (χ0v) is 10.8. The van der Waals surface area contributed by atoms with E-state index < -0.39 is 0 Å². The van der Waals surface area contributed by atoms with Gasteiger partial charge in [-0.05, 0) is 25.5 Å². The smallest absolute Gasteiger partial charge is 0.309 e. The van der Waals surface area contributed by atoms with Gasteiger partial charge in [0.25, 0.3) is 0 Å². The molecule has 0 saturated heterocycles. The highest BCUT2D eigenvalue weighted by Crippen LogP contribution is 2.05. The second kappa shape index (κ2) is 7.07. The Labute approximate surface area is 103 Å². The standard InChI is InChI=1S/C14H21NO2/c1-11(14(16)17-3)12(2)15-10-9-13-7-5-4-6-8-13/h4-8,11-12,15H,9-10H2,1-3H3. The molecule has 1 aromatic rings. The fourth-order valence-electron chi connectivity index (χ4n) is 1.66. The highest BCUT2D eigenvalue weighted by atomic mass is 16.5. The van der Waals surface area contributed by atoms with E-state index in [4.69, 9.17) is 4.74 Å². The number of carbonyl (C=O) groups excluding carboxylic acids is 1. The summed E-state index contributed by atoms with van der Waals surface area (Å²) in [7, 11) is 1.43. The van der Waals surface area contributed by atoms with E-state index in [0.29, 0.717) is 0 Å². The second-order valence-corrected chi connectivity index (χ2v) is 4.29. The number of hydrogen-bond acceptors (Lipinski definition) is 3. The van der Waals surface area contributed by atoms with Crippen LogP contribution in [0.2, 0.25) is 0 Å². The third kappa shape index (κ3) is 4.57. The number of rotatable bonds is 6. The molecule has 0 aliphatic heterocycles. The molecule has 3 nitrogen and oxygen atoms in total. The van der Waals surface area contributed by atoms with Crippen LogP contribution in [0, 0.1) is 5.92 Å². The summed E-state index contributed by atoms with van der Waals surface area (Å²) < 4.78 is 4.72. The Kier molecular flexibility index (Phi) is 5.70. The van der Waals surface area contributed by atoms with E-state index in [1.807, 2.05) is 32.0 Å². The van der Waals surface area contributed by atoms with E-state index in [1.54, 1.807) is 0 Å². The zero-order chi connectivity index (χ0) is 12.7. The van der Waals surface area contributed by atoms with Crippen molar-refractivity contribution < 1.29 is 9.53 Å². The lowest BCUT2D eigenvalue weighted by Crippen LogP contribution is -2.37. The van der Waals surface area contributed by atoms with Gasteiger partial charge in [0.2, 0.25) is 0 Å². The van der Waals surface area contributed by atoms with Gasteiger partial charge in [-0.1, -0.05) is 37.3 Å². The molecule has 3 heteroatoms. The molecule has 0 heterocycles. The molecule has 1 aromatic carbocycles. The SMILES string of the molecule is COC(=O)C(C)C(C)NCCc1ccccc1. The van der Waals surface area contributed by atoms with E-state index in [-0.39, 0.29) is 17.9 Å². The van der Waals surface area contributed by atoms with Gasteiger partial charge in [0.1, 0.15) is 0 Å². The van der Waals surface area contributed by atoms with Crippen LogP contribution in [0.1, 0.15) is 19.4 Å². The molecule has 0 amide bonds. The maximum absolute atomic E-state index is 11.3. The number of hydrogen-bond donors (Lipinski definition) is 1. The van der Waals surface area contributed by atoms with Crippen molar-refractivity contribution in [2.24, 2.45) is 5.92 Å². The molecule has 0 aromatic heterocycles. The van der Waals surface area contributed by atoms with E-state index in [9.17, 15) is 4.79 Å². The van der Waals surface area contributed by atoms with Gasteiger partial charge in [-0.2, -0.15) is 0 Å². The molecule has 0 radical (unpaired) electrons. The summed E-state index contributed by atoms with van der Waals surface area (Å²) in [6.07, 6.45) is 0.971. The van der Waals surface area contributed by atoms with Crippen LogP contribution in [0.5, 0.6) is 0 Å². The summed E-state index contributed by atoms with van der Waals surface area (Å²) in [5.74, 6) is -0.277. The molecule has 17 heavy (non-hydrogen) atoms. The van der Waals surface area contributed by atoms with Gasteiger partial charge in [-0.3, -0.25) is 4.79 Å². The van der Waals surface area contributed by atoms with Gasteiger partial charge in [0.05, 0.1) is 13.0 Å². The Morgan fingerprint density at radius 2 is 1.94 bits per heavy atom. The first-order chi connectivity index (χ1) is 8.15. The van der Waals surface area contributed by atoms with Gasteiger partial charge in [0, 0.05) is 6.04 Å². The predicted octanol–water partition coefficient (Wildman–Crippen LogP) is 2.02. The Balaban J connectivity index is 2.29. The van der Waals surface area contributed by atoms with Crippen molar-refractivity contribution >= 4 is 5.97 Å². The molecule has 0 fully saturated rings. The maximum Gasteiger partial charge on any atom is 0.309 e. The van der Waals surface area contributed by atoms with Crippen LogP contribution in [0.3, 0.4) is 0 Å². The van der Waals surface area contributed by atoms with Gasteiger partial charge in [-0.15, -0.1) is 0 Å². The molecule has 0 saturated carbocycles. The molecule has 0 aliphatic carbocycles. The molecule has 2 atom stereocenters. The van der Waals surface area contributed by atoms with Crippen LogP contribution in [0.25, 0.3) is 0 Å². The van der Waals surface area contributed by atoms with Crippen molar-refractivity contribution in [2.45, 2.75) is 26.3 Å². The van der Waals surface area contributed by atoms with Crippen molar-refractivity contribution in [3.63, 3.8) is 0 Å². The first-order valence-electron chi connectivity index (χ1n) is 6.00. The van der Waals surface area contributed by atoms with Crippen molar-refractivity contribution in [3.05, 3.63) is 35.9 Å². The first-order valence-corrected chi connectivity index (χ1v) is 6.00. The molecular weight excluding hydrogens is 214 g/mol. The Bertz CT molecular complexity index is 337. The summed E-state index contributed by atoms with van der Waals surface area (Å²) in [5.41, 5.74) is 1.30. The Hall–Kier alpha value is -1.35. The second-order valence-electron chi connectivity index (χ2n) is 4.29. The summed E-state index contributed by atoms with van der Waals surface area (Å²) in [6, 6.07) is 10.4. The summed E-state index contributed by atoms with van der Waals surface area (Å²) in [4.78, 5) is 11.3. The van der Waals surface area contributed by atoms with Crippen LogP contribution in [0.4, 0.5) is 0 Å². The van der Waals surface area contributed by atoms with Crippen molar-refractivity contribution in [1.82, 2.24) is 5.32 Å². The highest BCUT2D eigenvalue weighted by Gasteiger charge is 2.19. The molecule has 94 valence electrons. The van der Waals surface area contributed by atoms with E-state index in [1.165, 1.54) is 12.7 Å². The minimum absolute atomic E-state index is 0.115. The minimum Gasteiger partial charge on any atom is -0.469 e. The van der Waals surface area contributed by atoms with Gasteiger partial charge in [0.15, 0.2) is 0 Å². The lowest BCUT2D eigenvalue weighted by molar-refractivity contribution is -0.145. The normalized spacial score (nSPS) is 14.1. The Morgan fingerprint density at radius 3 is 2.53 bits per heavy atom. The number of carbonyl (C=O) groups is 1. The fourth-order valence-corrected chi connectivity index (χ4v) is 1.66. The number of benzene rings is 1. The molecular formula is C14H21NO2. The zero-order valence-electron chi connectivity index (χ0n) is 10.8. The minimum atomic E-state index is -0.162. The molecule has 0 aliphatic rings. The third-order valence-electron chi connectivity index (χ3n) is 3.05. The maximum atomic E-state index is 11.3. The van der Waals surface area contributed by atoms with E-state index in [2.05, 4.69) is 17.4 Å². The van der Waals surface area contributed by atoms with Crippen LogP contribution in [0.15, 0.2) is 30.3 Å². The van der Waals surface area contributed by atoms with Crippen molar-refractivity contribution in [1.29, 1.82) is 0 Å². The number of ether oxygens (including phenoxy) is 1. The average Bonchev–Trinajstić information content (AvgIpc) is 2.38. The topological polar surface area (TPSA) is 38.3 Å². The third-order valence-corrected chi connectivity index (χ3v) is 3.05. The lowest BCUT2D eigenvalue weighted by Gasteiger charge is -2.19. The summed E-state index contributed by atoms with van der Waals surface area (Å²) in [5, 5.41) is 3.35. The van der Waals surface area contributed by atoms with Crippen LogP contribution in [-0.2, 0) is 16.0 Å². The average molecular weight is 235 g/mol. The molecule has 1 rings (SSSR count). The first kappa shape index (κ1) is 13.7. The molecule has 0 spiro atoms. The molecule has 0 bridgehead atoms. The van der Waals surface area contributed by atoms with Crippen LogP contribution in [-0.4, -0.2) is 25.7 Å². The lowest BCUT2D eigenvalue weighted by atomic mass is 10.0. The highest BCUT2D eigenvalue weighted by molar-refractivity contribution is 5.72. The van der Waals surface area contributed by atoms with Crippen LogP contribution < -0.4 is 5.32 Å². The quantitative estimate of drug-likeness (QED) is 0.767. The largest absolute Gasteiger partial charge is 0.469 e. The van der Waals surface area contributed by atoms with E-state index in [0.717, 1.165) is 13.0 Å². The monoisotopic (exact) mass is 235 g/mol. The van der Waals surface area contributed by atoms with E-state index >= 15 is 0 Å². The number of esters is 1. The fraction of sp³-hybridized carbons (Fsp3) is 0.500. The van der Waals surface area contributed by atoms with Gasteiger partial charge >= 0.3 is 5.97 Å². The van der Waals surface area contributed by atoms with Crippen molar-refractivity contribution in [3.8, 4) is 0 Å². The van der Waals surface area contributed by atoms with Gasteiger partial charge in [-0.25, -0.2) is 0 Å². The summed E-state index contributed by atoms with van der Waals surface area (Å²) in [6.45, 7) is 4.76. The van der Waals surface area contributed by atoms with Crippen molar-refractivity contribution in [2.75, 3.05) is 13.7 Å². The molecule has 1 N–H and O–H groups in total. The van der Waals surface area contributed by atoms with Crippen LogP contribution >= 0.6 is 0 Å². The Morgan fingerprint density at radius 1 is 1.29 bits per heavy atom. The number of nitrogens with one attached hydrogen (secondary N) is 1. The predicted molar refractivity (Wildman–Crippen MR) is 68.8 cm³/mol. The van der Waals surface area contributed by atoms with Gasteiger partial charge < -0.3 is 10.1 Å². The number of methoxy groups -OCH3 is 1. The summed E-state index contributed by atoms with van der Waals surface area (Å²) >= 11 is 0.